The molecule has 0 bridgehead atoms. The van der Waals surface area contributed by atoms with E-state index < -0.39 is 0 Å². The molecule has 1 aliphatic heterocycles. The monoisotopic (exact) mass is 359 g/mol. The molecule has 2 atom stereocenters. The van der Waals surface area contributed by atoms with Crippen molar-refractivity contribution in [1.82, 2.24) is 15.1 Å². The lowest BCUT2D eigenvalue weighted by atomic mass is 10.1. The average Bonchev–Trinajstić information content (AvgIpc) is 2.43. The minimum atomic E-state index is -0.318. The molecule has 0 radical (unpaired) electrons. The molecular formula is C14H31Cl2N3O3. The molecule has 6 nitrogen and oxygen atoms in total. The average molecular weight is 360 g/mol. The maximum absolute atomic E-state index is 12.1. The van der Waals surface area contributed by atoms with Gasteiger partial charge >= 0.3 is 0 Å². The van der Waals surface area contributed by atoms with Crippen LogP contribution in [0, 0.1) is 0 Å². The Morgan fingerprint density at radius 2 is 2.09 bits per heavy atom. The molecule has 1 aliphatic rings. The summed E-state index contributed by atoms with van der Waals surface area (Å²) in [4.78, 5) is 16.3. The van der Waals surface area contributed by atoms with Gasteiger partial charge in [-0.25, -0.2) is 0 Å². The van der Waals surface area contributed by atoms with Crippen molar-refractivity contribution in [1.29, 1.82) is 0 Å². The van der Waals surface area contributed by atoms with Crippen LogP contribution >= 0.6 is 24.8 Å². The highest BCUT2D eigenvalue weighted by Gasteiger charge is 2.28. The van der Waals surface area contributed by atoms with E-state index in [0.717, 1.165) is 26.1 Å². The Hall–Kier alpha value is -0.110. The number of ether oxygens (including phenoxy) is 1. The van der Waals surface area contributed by atoms with E-state index >= 15 is 0 Å². The highest BCUT2D eigenvalue weighted by Crippen LogP contribution is 2.13. The molecule has 0 aromatic rings. The quantitative estimate of drug-likeness (QED) is 0.613. The van der Waals surface area contributed by atoms with Crippen LogP contribution in [0.5, 0.6) is 0 Å². The first kappa shape index (κ1) is 24.1. The van der Waals surface area contributed by atoms with Crippen LogP contribution in [0.3, 0.4) is 0 Å². The van der Waals surface area contributed by atoms with Gasteiger partial charge in [0.15, 0.2) is 0 Å². The molecule has 22 heavy (non-hydrogen) atoms. The lowest BCUT2D eigenvalue weighted by molar-refractivity contribution is -0.133. The fraction of sp³-hybridized carbons (Fsp3) is 0.929. The SMILES string of the molecule is CCC1CN(C(=O)CNCCOC)CCN1CC(C)O.Cl.Cl. The third-order valence-corrected chi connectivity index (χ3v) is 3.69. The molecule has 0 aliphatic carbocycles. The standard InChI is InChI=1S/C14H29N3O3.2ClH/c1-4-13-11-17(7-6-16(13)10-12(2)18)14(19)9-15-5-8-20-3;;/h12-13,15,18H,4-11H2,1-3H3;2*1H. The van der Waals surface area contributed by atoms with Crippen molar-refractivity contribution in [2.45, 2.75) is 32.4 Å². The summed E-state index contributed by atoms with van der Waals surface area (Å²) >= 11 is 0. The van der Waals surface area contributed by atoms with E-state index in [1.807, 2.05) is 11.8 Å². The minimum Gasteiger partial charge on any atom is -0.392 e. The fourth-order valence-electron chi connectivity index (χ4n) is 2.57. The fourth-order valence-corrected chi connectivity index (χ4v) is 2.57. The first-order valence-electron chi connectivity index (χ1n) is 7.48. The number of aliphatic hydroxyl groups is 1. The van der Waals surface area contributed by atoms with Crippen molar-refractivity contribution in [3.63, 3.8) is 0 Å². The van der Waals surface area contributed by atoms with Crippen molar-refractivity contribution in [3.8, 4) is 0 Å². The van der Waals surface area contributed by atoms with E-state index in [1.165, 1.54) is 0 Å². The lowest BCUT2D eigenvalue weighted by Crippen LogP contribution is -2.57. The Labute approximate surface area is 146 Å². The Kier molecular flexibility index (Phi) is 14.6. The van der Waals surface area contributed by atoms with Gasteiger partial charge in [-0.2, -0.15) is 0 Å². The van der Waals surface area contributed by atoms with Crippen LogP contribution in [0.4, 0.5) is 0 Å². The third-order valence-electron chi connectivity index (χ3n) is 3.69. The summed E-state index contributed by atoms with van der Waals surface area (Å²) in [7, 11) is 1.65. The van der Waals surface area contributed by atoms with Crippen molar-refractivity contribution in [2.75, 3.05) is 53.0 Å². The Morgan fingerprint density at radius 3 is 2.64 bits per heavy atom. The first-order chi connectivity index (χ1) is 9.58. The number of carbonyl (C=O) groups is 1. The second-order valence-electron chi connectivity index (χ2n) is 5.42. The molecule has 1 heterocycles. The molecular weight excluding hydrogens is 329 g/mol. The summed E-state index contributed by atoms with van der Waals surface area (Å²) < 4.78 is 4.94. The second-order valence-corrected chi connectivity index (χ2v) is 5.42. The van der Waals surface area contributed by atoms with Crippen LogP contribution in [-0.2, 0) is 9.53 Å². The van der Waals surface area contributed by atoms with Crippen LogP contribution in [0.1, 0.15) is 20.3 Å². The van der Waals surface area contributed by atoms with Gasteiger partial charge < -0.3 is 20.1 Å². The van der Waals surface area contributed by atoms with Gasteiger partial charge in [0.05, 0.1) is 19.3 Å². The topological polar surface area (TPSA) is 65.0 Å². The number of aliphatic hydroxyl groups excluding tert-OH is 1. The summed E-state index contributed by atoms with van der Waals surface area (Å²) in [6, 6.07) is 0.348. The van der Waals surface area contributed by atoms with Gasteiger partial charge in [-0.15, -0.1) is 24.8 Å². The molecule has 2 unspecified atom stereocenters. The number of hydrogen-bond donors (Lipinski definition) is 2. The zero-order chi connectivity index (χ0) is 15.0. The molecule has 0 saturated carbocycles. The van der Waals surface area contributed by atoms with Gasteiger partial charge in [0.25, 0.3) is 0 Å². The smallest absolute Gasteiger partial charge is 0.236 e. The molecule has 1 amide bonds. The van der Waals surface area contributed by atoms with Crippen molar-refractivity contribution >= 4 is 30.7 Å². The van der Waals surface area contributed by atoms with Crippen molar-refractivity contribution in [2.24, 2.45) is 0 Å². The second kappa shape index (κ2) is 13.3. The summed E-state index contributed by atoms with van der Waals surface area (Å²) in [5.41, 5.74) is 0. The van der Waals surface area contributed by atoms with Crippen molar-refractivity contribution in [3.05, 3.63) is 0 Å². The molecule has 2 N–H and O–H groups in total. The van der Waals surface area contributed by atoms with E-state index in [2.05, 4.69) is 17.1 Å². The van der Waals surface area contributed by atoms with E-state index in [1.54, 1.807) is 7.11 Å². The van der Waals surface area contributed by atoms with Gasteiger partial charge in [0, 0.05) is 45.9 Å². The Balaban J connectivity index is 0. The number of carbonyl (C=O) groups excluding carboxylic acids is 1. The number of halogens is 2. The maximum atomic E-state index is 12.1. The van der Waals surface area contributed by atoms with Crippen LogP contribution in [-0.4, -0.2) is 85.9 Å². The number of methoxy groups -OCH3 is 1. The van der Waals surface area contributed by atoms with Gasteiger partial charge in [-0.05, 0) is 13.3 Å². The lowest BCUT2D eigenvalue weighted by Gasteiger charge is -2.41. The normalized spacial score (nSPS) is 20.0. The third kappa shape index (κ3) is 8.50. The van der Waals surface area contributed by atoms with Crippen LogP contribution in [0.15, 0.2) is 0 Å². The molecule has 0 aromatic heterocycles. The Bertz CT molecular complexity index is 297. The van der Waals surface area contributed by atoms with E-state index in [0.29, 0.717) is 32.3 Å². The molecule has 1 saturated heterocycles. The van der Waals surface area contributed by atoms with Crippen LogP contribution in [0.25, 0.3) is 0 Å². The predicted octanol–water partition coefficient (Wildman–Crippen LogP) is 0.370. The summed E-state index contributed by atoms with van der Waals surface area (Å²) in [5.74, 6) is 0.149. The van der Waals surface area contributed by atoms with E-state index in [4.69, 9.17) is 4.74 Å². The molecule has 8 heteroatoms. The molecule has 1 rings (SSSR count). The zero-order valence-electron chi connectivity index (χ0n) is 13.8. The maximum Gasteiger partial charge on any atom is 0.236 e. The first-order valence-corrected chi connectivity index (χ1v) is 7.48. The van der Waals surface area contributed by atoms with Gasteiger partial charge in [-0.3, -0.25) is 9.69 Å². The number of nitrogens with one attached hydrogen (secondary N) is 1. The number of β-amino-alcohol motifs (C(OH)–C–C–N with tert-alkyl or cyclic N) is 1. The van der Waals surface area contributed by atoms with Crippen molar-refractivity contribution < 1.29 is 14.6 Å². The number of amides is 1. The number of hydrogen-bond acceptors (Lipinski definition) is 5. The molecule has 0 aromatic carbocycles. The number of piperazine rings is 1. The molecule has 1 fully saturated rings. The van der Waals surface area contributed by atoms with Gasteiger partial charge in [-0.1, -0.05) is 6.92 Å². The molecule has 0 spiro atoms. The zero-order valence-corrected chi connectivity index (χ0v) is 15.4. The van der Waals surface area contributed by atoms with Gasteiger partial charge in [0.2, 0.25) is 5.91 Å². The highest BCUT2D eigenvalue weighted by atomic mass is 35.5. The van der Waals surface area contributed by atoms with Gasteiger partial charge in [0.1, 0.15) is 0 Å². The molecule has 134 valence electrons. The van der Waals surface area contributed by atoms with Crippen LogP contribution < -0.4 is 5.32 Å². The predicted molar refractivity (Wildman–Crippen MR) is 93.2 cm³/mol. The summed E-state index contributed by atoms with van der Waals surface area (Å²) in [6.07, 6.45) is 0.676. The largest absolute Gasteiger partial charge is 0.392 e. The summed E-state index contributed by atoms with van der Waals surface area (Å²) in [5, 5.41) is 12.6. The van der Waals surface area contributed by atoms with Crippen LogP contribution in [0.2, 0.25) is 0 Å². The number of rotatable bonds is 8. The summed E-state index contributed by atoms with van der Waals surface area (Å²) in [6.45, 7) is 8.65. The Morgan fingerprint density at radius 1 is 1.41 bits per heavy atom. The van der Waals surface area contributed by atoms with E-state index in [9.17, 15) is 9.90 Å². The highest BCUT2D eigenvalue weighted by molar-refractivity contribution is 5.85. The minimum absolute atomic E-state index is 0. The van der Waals surface area contributed by atoms with E-state index in [-0.39, 0.29) is 36.8 Å². The number of nitrogens with zero attached hydrogens (tertiary/aromatic N) is 2.